The normalized spacial score (nSPS) is 24.6. The van der Waals surface area contributed by atoms with Gasteiger partial charge in [0, 0.05) is 18.3 Å². The summed E-state index contributed by atoms with van der Waals surface area (Å²) in [5, 5.41) is 12.0. The van der Waals surface area contributed by atoms with E-state index in [1.807, 2.05) is 6.07 Å². The smallest absolute Gasteiger partial charge is 0.173 e. The van der Waals surface area contributed by atoms with Gasteiger partial charge in [0.15, 0.2) is 5.84 Å². The highest BCUT2D eigenvalue weighted by Gasteiger charge is 2.32. The monoisotopic (exact) mass is 248 g/mol. The Morgan fingerprint density at radius 3 is 3.06 bits per heavy atom. The highest BCUT2D eigenvalue weighted by atomic mass is 16.4. The highest BCUT2D eigenvalue weighted by Crippen LogP contribution is 2.32. The van der Waals surface area contributed by atoms with Crippen molar-refractivity contribution in [3.8, 4) is 0 Å². The predicted octanol–water partition coefficient (Wildman–Crippen LogP) is 1.94. The third kappa shape index (κ3) is 2.12. The molecule has 18 heavy (non-hydrogen) atoms. The van der Waals surface area contributed by atoms with Crippen molar-refractivity contribution in [1.82, 2.24) is 4.98 Å². The van der Waals surface area contributed by atoms with E-state index < -0.39 is 0 Å². The summed E-state index contributed by atoms with van der Waals surface area (Å²) >= 11 is 0. The topological polar surface area (TPSA) is 74.7 Å². The Labute approximate surface area is 107 Å². The summed E-state index contributed by atoms with van der Waals surface area (Å²) in [6.45, 7) is 4.38. The number of anilines is 1. The highest BCUT2D eigenvalue weighted by molar-refractivity contribution is 6.01. The Morgan fingerprint density at radius 1 is 1.61 bits per heavy atom. The van der Waals surface area contributed by atoms with E-state index in [0.717, 1.165) is 18.7 Å². The minimum atomic E-state index is 0.118. The zero-order valence-corrected chi connectivity index (χ0v) is 10.9. The lowest BCUT2D eigenvalue weighted by atomic mass is 10.1. The van der Waals surface area contributed by atoms with Gasteiger partial charge in [-0.15, -0.1) is 0 Å². The lowest BCUT2D eigenvalue weighted by Gasteiger charge is -2.30. The van der Waals surface area contributed by atoms with E-state index in [9.17, 15) is 0 Å². The molecule has 3 N–H and O–H groups in total. The maximum absolute atomic E-state index is 8.86. The summed E-state index contributed by atoms with van der Waals surface area (Å²) in [4.78, 5) is 6.73. The molecular formula is C13H20N4O. The van der Waals surface area contributed by atoms with Crippen molar-refractivity contribution < 1.29 is 5.21 Å². The second kappa shape index (κ2) is 5.25. The van der Waals surface area contributed by atoms with Crippen molar-refractivity contribution in [1.29, 1.82) is 0 Å². The lowest BCUT2D eigenvalue weighted by molar-refractivity contribution is 0.318. The molecular weight excluding hydrogens is 228 g/mol. The van der Waals surface area contributed by atoms with Gasteiger partial charge in [0.1, 0.15) is 5.82 Å². The first-order valence-corrected chi connectivity index (χ1v) is 6.40. The van der Waals surface area contributed by atoms with Gasteiger partial charge in [-0.2, -0.15) is 0 Å². The number of aromatic nitrogens is 1. The Bertz CT molecular complexity index is 446. The van der Waals surface area contributed by atoms with Crippen LogP contribution >= 0.6 is 0 Å². The SMILES string of the molecule is CCC1CCC(C)N1c1ncccc1/C(N)=N/O. The van der Waals surface area contributed by atoms with Crippen molar-refractivity contribution in [3.05, 3.63) is 23.9 Å². The maximum Gasteiger partial charge on any atom is 0.173 e. The van der Waals surface area contributed by atoms with Crippen molar-refractivity contribution >= 4 is 11.7 Å². The quantitative estimate of drug-likeness (QED) is 0.371. The van der Waals surface area contributed by atoms with Crippen LogP contribution in [-0.4, -0.2) is 28.1 Å². The van der Waals surface area contributed by atoms with Crippen LogP contribution < -0.4 is 10.6 Å². The summed E-state index contributed by atoms with van der Waals surface area (Å²) < 4.78 is 0. The van der Waals surface area contributed by atoms with Crippen LogP contribution in [0.25, 0.3) is 0 Å². The first-order chi connectivity index (χ1) is 8.69. The van der Waals surface area contributed by atoms with Gasteiger partial charge in [-0.25, -0.2) is 4.98 Å². The van der Waals surface area contributed by atoms with E-state index in [4.69, 9.17) is 10.9 Å². The molecule has 0 aliphatic carbocycles. The van der Waals surface area contributed by atoms with Crippen LogP contribution in [0.2, 0.25) is 0 Å². The van der Waals surface area contributed by atoms with E-state index in [0.29, 0.717) is 17.6 Å². The molecule has 2 heterocycles. The van der Waals surface area contributed by atoms with Gasteiger partial charge in [-0.3, -0.25) is 0 Å². The van der Waals surface area contributed by atoms with E-state index >= 15 is 0 Å². The second-order valence-corrected chi connectivity index (χ2v) is 4.76. The van der Waals surface area contributed by atoms with Crippen molar-refractivity contribution in [2.45, 2.75) is 45.2 Å². The zero-order valence-electron chi connectivity index (χ0n) is 10.9. The minimum Gasteiger partial charge on any atom is -0.409 e. The molecule has 2 rings (SSSR count). The molecule has 0 bridgehead atoms. The van der Waals surface area contributed by atoms with E-state index in [2.05, 4.69) is 28.9 Å². The number of amidine groups is 1. The van der Waals surface area contributed by atoms with Crippen LogP contribution in [0.15, 0.2) is 23.5 Å². The molecule has 98 valence electrons. The van der Waals surface area contributed by atoms with Gasteiger partial charge >= 0.3 is 0 Å². The average molecular weight is 248 g/mol. The first-order valence-electron chi connectivity index (χ1n) is 6.40. The van der Waals surface area contributed by atoms with Crippen LogP contribution in [0, 0.1) is 0 Å². The van der Waals surface area contributed by atoms with Gasteiger partial charge < -0.3 is 15.8 Å². The Hall–Kier alpha value is -1.78. The molecule has 1 aliphatic heterocycles. The van der Waals surface area contributed by atoms with Gasteiger partial charge in [0.2, 0.25) is 0 Å². The molecule has 5 nitrogen and oxygen atoms in total. The number of oxime groups is 1. The van der Waals surface area contributed by atoms with Crippen LogP contribution in [0.1, 0.15) is 38.7 Å². The van der Waals surface area contributed by atoms with E-state index in [1.165, 1.54) is 6.42 Å². The molecule has 1 aromatic rings. The summed E-state index contributed by atoms with van der Waals surface area (Å²) in [5.74, 6) is 0.941. The number of hydrogen-bond donors (Lipinski definition) is 2. The zero-order chi connectivity index (χ0) is 13.1. The number of hydrogen-bond acceptors (Lipinski definition) is 4. The first kappa shape index (κ1) is 12.7. The third-order valence-corrected chi connectivity index (χ3v) is 3.67. The standard InChI is InChI=1S/C13H20N4O/c1-3-10-7-6-9(2)17(10)13-11(12(14)16-18)5-4-8-15-13/h4-5,8-10,18H,3,6-7H2,1-2H3,(H2,14,16). The van der Waals surface area contributed by atoms with Gasteiger partial charge in [-0.05, 0) is 38.3 Å². The van der Waals surface area contributed by atoms with Gasteiger partial charge in [0.05, 0.1) is 5.56 Å². The van der Waals surface area contributed by atoms with Crippen molar-refractivity contribution in [3.63, 3.8) is 0 Å². The largest absolute Gasteiger partial charge is 0.409 e. The molecule has 0 amide bonds. The molecule has 0 aromatic carbocycles. The minimum absolute atomic E-state index is 0.118. The second-order valence-electron chi connectivity index (χ2n) is 4.76. The fraction of sp³-hybridized carbons (Fsp3) is 0.538. The molecule has 2 atom stereocenters. The molecule has 1 aromatic heterocycles. The average Bonchev–Trinajstić information content (AvgIpc) is 2.78. The summed E-state index contributed by atoms with van der Waals surface area (Å²) in [6.07, 6.45) is 5.16. The van der Waals surface area contributed by atoms with Gasteiger partial charge in [0.25, 0.3) is 0 Å². The molecule has 1 fully saturated rings. The van der Waals surface area contributed by atoms with Crippen LogP contribution in [0.5, 0.6) is 0 Å². The molecule has 1 saturated heterocycles. The fourth-order valence-corrected chi connectivity index (χ4v) is 2.71. The van der Waals surface area contributed by atoms with E-state index in [1.54, 1.807) is 12.3 Å². The lowest BCUT2D eigenvalue weighted by Crippen LogP contribution is -2.36. The van der Waals surface area contributed by atoms with Crippen molar-refractivity contribution in [2.75, 3.05) is 4.90 Å². The number of pyridine rings is 1. The van der Waals surface area contributed by atoms with Crippen molar-refractivity contribution in [2.24, 2.45) is 10.9 Å². The Morgan fingerprint density at radius 2 is 2.39 bits per heavy atom. The number of nitrogens with two attached hydrogens (primary N) is 1. The summed E-state index contributed by atoms with van der Waals surface area (Å²) in [5.41, 5.74) is 6.43. The Kier molecular flexibility index (Phi) is 3.69. The van der Waals surface area contributed by atoms with Gasteiger partial charge in [-0.1, -0.05) is 12.1 Å². The predicted molar refractivity (Wildman–Crippen MR) is 72.0 cm³/mol. The van der Waals surface area contributed by atoms with Crippen LogP contribution in [0.3, 0.4) is 0 Å². The molecule has 0 saturated carbocycles. The van der Waals surface area contributed by atoms with Crippen LogP contribution in [-0.2, 0) is 0 Å². The molecule has 0 radical (unpaired) electrons. The van der Waals surface area contributed by atoms with Crippen LogP contribution in [0.4, 0.5) is 5.82 Å². The molecule has 5 heteroatoms. The fourth-order valence-electron chi connectivity index (χ4n) is 2.71. The maximum atomic E-state index is 8.86. The summed E-state index contributed by atoms with van der Waals surface area (Å²) in [7, 11) is 0. The summed E-state index contributed by atoms with van der Waals surface area (Å²) in [6, 6.07) is 4.57. The third-order valence-electron chi connectivity index (χ3n) is 3.67. The number of nitrogens with zero attached hydrogens (tertiary/aromatic N) is 3. The molecule has 1 aliphatic rings. The Balaban J connectivity index is 2.44. The number of rotatable bonds is 3. The van der Waals surface area contributed by atoms with E-state index in [-0.39, 0.29) is 5.84 Å². The molecule has 0 spiro atoms. The molecule has 2 unspecified atom stereocenters.